The second-order valence-corrected chi connectivity index (χ2v) is 8.71. The minimum absolute atomic E-state index is 0.173. The fraction of sp³-hybridized carbons (Fsp3) is 0.0588. The number of ether oxygens (including phenoxy) is 1. The zero-order valence-corrected chi connectivity index (χ0v) is 17.6. The number of rotatable bonds is 4. The summed E-state index contributed by atoms with van der Waals surface area (Å²) in [5, 5.41) is 2.62. The van der Waals surface area contributed by atoms with Crippen LogP contribution in [-0.4, -0.2) is 10.2 Å². The minimum Gasteiger partial charge on any atom is -0.488 e. The normalized spacial score (nSPS) is 15.7. The topological polar surface area (TPSA) is 38.3 Å². The lowest BCUT2D eigenvalue weighted by Crippen LogP contribution is -2.17. The first-order valence-electron chi connectivity index (χ1n) is 6.93. The number of hydrogen-bond acceptors (Lipinski definition) is 4. The van der Waals surface area contributed by atoms with Crippen molar-refractivity contribution in [1.29, 1.82) is 0 Å². The molecule has 1 amide bonds. The molecule has 1 aliphatic heterocycles. The third-order valence-electron chi connectivity index (χ3n) is 3.24. The highest BCUT2D eigenvalue weighted by Gasteiger charge is 2.22. The Balaban J connectivity index is 1.86. The molecule has 2 aromatic carbocycles. The molecule has 1 saturated heterocycles. The van der Waals surface area contributed by atoms with Gasteiger partial charge in [0.25, 0.3) is 5.91 Å². The highest BCUT2D eigenvalue weighted by Crippen LogP contribution is 2.31. The predicted molar refractivity (Wildman–Crippen MR) is 114 cm³/mol. The number of amides is 1. The molecule has 24 heavy (non-hydrogen) atoms. The van der Waals surface area contributed by atoms with E-state index in [1.165, 1.54) is 11.8 Å². The van der Waals surface area contributed by atoms with E-state index in [1.807, 2.05) is 42.5 Å². The quantitative estimate of drug-likeness (QED) is 0.337. The molecule has 0 aliphatic carbocycles. The summed E-state index contributed by atoms with van der Waals surface area (Å²) in [6.45, 7) is 0.467. The van der Waals surface area contributed by atoms with E-state index < -0.39 is 0 Å². The highest BCUT2D eigenvalue weighted by atomic mass is 127. The van der Waals surface area contributed by atoms with Gasteiger partial charge < -0.3 is 10.1 Å². The zero-order valence-electron chi connectivity index (χ0n) is 12.2. The Hall–Kier alpha value is -0.900. The molecule has 0 aromatic heterocycles. The lowest BCUT2D eigenvalue weighted by atomic mass is 10.2. The lowest BCUT2D eigenvalue weighted by Gasteiger charge is -2.11. The van der Waals surface area contributed by atoms with E-state index in [2.05, 4.69) is 43.8 Å². The Morgan fingerprint density at radius 1 is 1.29 bits per heavy atom. The van der Waals surface area contributed by atoms with Crippen LogP contribution in [0.2, 0.25) is 0 Å². The first kappa shape index (κ1) is 17.9. The van der Waals surface area contributed by atoms with E-state index in [4.69, 9.17) is 17.0 Å². The number of thioether (sulfide) groups is 1. The van der Waals surface area contributed by atoms with E-state index in [1.54, 1.807) is 6.08 Å². The molecule has 0 bridgehead atoms. The minimum atomic E-state index is -0.173. The summed E-state index contributed by atoms with van der Waals surface area (Å²) in [6.07, 6.45) is 1.80. The molecule has 0 saturated carbocycles. The second kappa shape index (κ2) is 7.99. The van der Waals surface area contributed by atoms with Crippen molar-refractivity contribution < 1.29 is 9.53 Å². The molecule has 122 valence electrons. The number of halogens is 2. The van der Waals surface area contributed by atoms with E-state index in [0.29, 0.717) is 15.8 Å². The molecular weight excluding hydrogens is 521 g/mol. The Morgan fingerprint density at radius 2 is 2.08 bits per heavy atom. The van der Waals surface area contributed by atoms with Crippen LogP contribution < -0.4 is 10.1 Å². The largest absolute Gasteiger partial charge is 0.488 e. The van der Waals surface area contributed by atoms with Gasteiger partial charge >= 0.3 is 0 Å². The maximum absolute atomic E-state index is 11.9. The third kappa shape index (κ3) is 4.38. The highest BCUT2D eigenvalue weighted by molar-refractivity contribution is 14.1. The first-order chi connectivity index (χ1) is 11.5. The van der Waals surface area contributed by atoms with Crippen molar-refractivity contribution in [3.05, 3.63) is 66.5 Å². The van der Waals surface area contributed by atoms with Gasteiger partial charge in [0.1, 0.15) is 16.7 Å². The Kier molecular flexibility index (Phi) is 5.96. The molecule has 2 aromatic rings. The summed E-state index contributed by atoms with van der Waals surface area (Å²) < 4.78 is 8.54. The van der Waals surface area contributed by atoms with Crippen molar-refractivity contribution in [3.8, 4) is 5.75 Å². The van der Waals surface area contributed by atoms with Crippen LogP contribution in [0.4, 0.5) is 0 Å². The van der Waals surface area contributed by atoms with E-state index in [9.17, 15) is 4.79 Å². The number of benzene rings is 2. The molecule has 3 nitrogen and oxygen atoms in total. The third-order valence-corrected chi connectivity index (χ3v) is 5.95. The van der Waals surface area contributed by atoms with Crippen LogP contribution in [0.5, 0.6) is 5.75 Å². The SMILES string of the molecule is O=C1NC(=S)S/C1=C/c1cc(Br)ccc1OCc1ccccc1I. The number of nitrogens with one attached hydrogen (secondary N) is 1. The average Bonchev–Trinajstić information content (AvgIpc) is 2.85. The fourth-order valence-corrected chi connectivity index (χ4v) is 4.05. The zero-order chi connectivity index (χ0) is 17.1. The molecular formula is C17H11BrINO2S2. The molecule has 1 heterocycles. The summed E-state index contributed by atoms with van der Waals surface area (Å²) in [7, 11) is 0. The van der Waals surface area contributed by atoms with Gasteiger partial charge in [-0.05, 0) is 52.9 Å². The summed E-state index contributed by atoms with van der Waals surface area (Å²) in [5.74, 6) is 0.546. The predicted octanol–water partition coefficient (Wildman–Crippen LogP) is 5.12. The van der Waals surface area contributed by atoms with Gasteiger partial charge in [0.05, 0.1) is 4.91 Å². The Labute approximate surface area is 171 Å². The van der Waals surface area contributed by atoms with Gasteiger partial charge in [-0.2, -0.15) is 0 Å². The van der Waals surface area contributed by atoms with Crippen LogP contribution in [0.1, 0.15) is 11.1 Å². The second-order valence-electron chi connectivity index (χ2n) is 4.91. The van der Waals surface area contributed by atoms with Crippen molar-refractivity contribution in [3.63, 3.8) is 0 Å². The average molecular weight is 532 g/mol. The van der Waals surface area contributed by atoms with Crippen molar-refractivity contribution >= 4 is 78.8 Å². The summed E-state index contributed by atoms with van der Waals surface area (Å²) in [5.41, 5.74) is 1.95. The van der Waals surface area contributed by atoms with Crippen LogP contribution in [0.3, 0.4) is 0 Å². The molecule has 0 unspecified atom stereocenters. The summed E-state index contributed by atoms with van der Waals surface area (Å²) in [4.78, 5) is 12.4. The van der Waals surface area contributed by atoms with Crippen LogP contribution in [0, 0.1) is 3.57 Å². The monoisotopic (exact) mass is 531 g/mol. The standard InChI is InChI=1S/C17H11BrINO2S2/c18-12-5-6-14(22-9-10-3-1-2-4-13(10)19)11(7-12)8-15-16(21)20-17(23)24-15/h1-8H,9H2,(H,20,21,23)/b15-8+. The Morgan fingerprint density at radius 3 is 2.79 bits per heavy atom. The number of carbonyl (C=O) groups excluding carboxylic acids is 1. The maximum atomic E-state index is 11.9. The smallest absolute Gasteiger partial charge is 0.263 e. The van der Waals surface area contributed by atoms with E-state index >= 15 is 0 Å². The van der Waals surface area contributed by atoms with Crippen LogP contribution in [0.25, 0.3) is 6.08 Å². The molecule has 0 spiro atoms. The molecule has 1 aliphatic rings. The lowest BCUT2D eigenvalue weighted by molar-refractivity contribution is -0.115. The molecule has 1 N–H and O–H groups in total. The molecule has 3 rings (SSSR count). The van der Waals surface area contributed by atoms with Crippen LogP contribution in [0.15, 0.2) is 51.8 Å². The van der Waals surface area contributed by atoms with Crippen molar-refractivity contribution in [2.24, 2.45) is 0 Å². The molecule has 1 fully saturated rings. The first-order valence-corrected chi connectivity index (χ1v) is 10.0. The van der Waals surface area contributed by atoms with E-state index in [0.717, 1.165) is 24.9 Å². The van der Waals surface area contributed by atoms with Gasteiger partial charge in [0.15, 0.2) is 0 Å². The molecule has 0 atom stereocenters. The fourth-order valence-electron chi connectivity index (χ4n) is 2.10. The molecule has 0 radical (unpaired) electrons. The van der Waals surface area contributed by atoms with E-state index in [-0.39, 0.29) is 5.91 Å². The van der Waals surface area contributed by atoms with Gasteiger partial charge in [0.2, 0.25) is 0 Å². The number of thiocarbonyl (C=S) groups is 1. The van der Waals surface area contributed by atoms with Gasteiger partial charge in [-0.3, -0.25) is 4.79 Å². The number of carbonyl (C=O) groups is 1. The number of hydrogen-bond donors (Lipinski definition) is 1. The Bertz CT molecular complexity index is 854. The van der Waals surface area contributed by atoms with Crippen LogP contribution >= 0.6 is 62.5 Å². The molecule has 7 heteroatoms. The van der Waals surface area contributed by atoms with Crippen molar-refractivity contribution in [2.45, 2.75) is 6.61 Å². The summed E-state index contributed by atoms with van der Waals surface area (Å²) >= 11 is 12.0. The van der Waals surface area contributed by atoms with Gasteiger partial charge in [0, 0.05) is 19.2 Å². The van der Waals surface area contributed by atoms with Gasteiger partial charge in [-0.1, -0.05) is 58.1 Å². The van der Waals surface area contributed by atoms with Crippen LogP contribution in [-0.2, 0) is 11.4 Å². The van der Waals surface area contributed by atoms with Gasteiger partial charge in [-0.25, -0.2) is 0 Å². The summed E-state index contributed by atoms with van der Waals surface area (Å²) in [6, 6.07) is 13.8. The van der Waals surface area contributed by atoms with Crippen molar-refractivity contribution in [1.82, 2.24) is 5.32 Å². The van der Waals surface area contributed by atoms with Gasteiger partial charge in [-0.15, -0.1) is 0 Å². The maximum Gasteiger partial charge on any atom is 0.263 e. The van der Waals surface area contributed by atoms with Crippen molar-refractivity contribution in [2.75, 3.05) is 0 Å².